The van der Waals surface area contributed by atoms with E-state index in [9.17, 15) is 4.79 Å². The minimum Gasteiger partial charge on any atom is -0.360 e. The van der Waals surface area contributed by atoms with Gasteiger partial charge in [0, 0.05) is 48.3 Å². The highest BCUT2D eigenvalue weighted by Gasteiger charge is 2.14. The van der Waals surface area contributed by atoms with E-state index >= 15 is 0 Å². The molecule has 4 nitrogen and oxygen atoms in total. The zero-order chi connectivity index (χ0) is 18.6. The minimum atomic E-state index is -0.0261. The molecule has 0 unspecified atom stereocenters. The molecular weight excluding hydrogens is 358 g/mol. The first-order valence-corrected chi connectivity index (χ1v) is 9.60. The maximum Gasteiger partial charge on any atom is 0.253 e. The predicted molar refractivity (Wildman–Crippen MR) is 111 cm³/mol. The van der Waals surface area contributed by atoms with Crippen molar-refractivity contribution in [1.29, 1.82) is 0 Å². The molecular formula is C22H22ClN3O. The topological polar surface area (TPSA) is 48.1 Å². The summed E-state index contributed by atoms with van der Waals surface area (Å²) < 4.78 is 0. The van der Waals surface area contributed by atoms with Crippen molar-refractivity contribution in [2.24, 2.45) is 0 Å². The Labute approximate surface area is 163 Å². The third-order valence-electron chi connectivity index (χ3n) is 5.06. The first-order valence-electron chi connectivity index (χ1n) is 9.22. The summed E-state index contributed by atoms with van der Waals surface area (Å²) in [5.74, 6) is -0.0261. The highest BCUT2D eigenvalue weighted by atomic mass is 35.5. The molecule has 0 saturated heterocycles. The van der Waals surface area contributed by atoms with E-state index in [0.29, 0.717) is 12.1 Å². The minimum absolute atomic E-state index is 0.0261. The third kappa shape index (κ3) is 4.07. The van der Waals surface area contributed by atoms with Gasteiger partial charge in [-0.3, -0.25) is 9.69 Å². The van der Waals surface area contributed by atoms with Gasteiger partial charge in [-0.1, -0.05) is 48.0 Å². The number of nitrogens with zero attached hydrogens (tertiary/aromatic N) is 1. The standard InChI is InChI=1S/C22H22ClN3O/c23-18-7-5-16(6-8-18)17-9-12-26(13-10-17)14-11-24-22(27)20-15-25-21-4-2-1-3-19(20)21/h1-9,15,25H,10-14H2,(H,24,27). The molecule has 0 aliphatic carbocycles. The van der Waals surface area contributed by atoms with Gasteiger partial charge in [-0.2, -0.15) is 0 Å². The van der Waals surface area contributed by atoms with Gasteiger partial charge in [-0.15, -0.1) is 0 Å². The molecule has 1 aliphatic rings. The fourth-order valence-electron chi connectivity index (χ4n) is 3.52. The quantitative estimate of drug-likeness (QED) is 0.692. The lowest BCUT2D eigenvalue weighted by atomic mass is 9.99. The summed E-state index contributed by atoms with van der Waals surface area (Å²) in [5.41, 5.74) is 4.30. The number of fused-ring (bicyclic) bond motifs is 1. The van der Waals surface area contributed by atoms with Crippen LogP contribution in [0.15, 0.2) is 60.8 Å². The van der Waals surface area contributed by atoms with E-state index in [1.54, 1.807) is 6.20 Å². The Hall–Kier alpha value is -2.56. The number of hydrogen-bond donors (Lipinski definition) is 2. The molecule has 2 N–H and O–H groups in total. The molecule has 1 amide bonds. The van der Waals surface area contributed by atoms with Crippen LogP contribution in [0.4, 0.5) is 0 Å². The van der Waals surface area contributed by atoms with Crippen molar-refractivity contribution < 1.29 is 4.79 Å². The second-order valence-corrected chi connectivity index (χ2v) is 7.23. The first kappa shape index (κ1) is 17.8. The SMILES string of the molecule is O=C(NCCN1CC=C(c2ccc(Cl)cc2)CC1)c1c[nH]c2ccccc12. The molecule has 27 heavy (non-hydrogen) atoms. The van der Waals surface area contributed by atoms with Crippen LogP contribution in [0, 0.1) is 0 Å². The number of aromatic nitrogens is 1. The Morgan fingerprint density at radius 3 is 2.74 bits per heavy atom. The number of carbonyl (C=O) groups is 1. The Bertz CT molecular complexity index is 975. The zero-order valence-electron chi connectivity index (χ0n) is 15.0. The molecule has 0 radical (unpaired) electrons. The van der Waals surface area contributed by atoms with Crippen molar-refractivity contribution >= 4 is 34.0 Å². The first-order chi connectivity index (χ1) is 13.2. The van der Waals surface area contributed by atoms with Crippen LogP contribution in [-0.4, -0.2) is 42.0 Å². The summed E-state index contributed by atoms with van der Waals surface area (Å²) in [6.07, 6.45) is 5.06. The van der Waals surface area contributed by atoms with Crippen LogP contribution in [-0.2, 0) is 0 Å². The summed E-state index contributed by atoms with van der Waals surface area (Å²) in [5, 5.41) is 4.77. The lowest BCUT2D eigenvalue weighted by molar-refractivity contribution is 0.0950. The second-order valence-electron chi connectivity index (χ2n) is 6.79. The average molecular weight is 380 g/mol. The van der Waals surface area contributed by atoms with Crippen LogP contribution >= 0.6 is 11.6 Å². The van der Waals surface area contributed by atoms with Gasteiger partial charge >= 0.3 is 0 Å². The fraction of sp³-hybridized carbons (Fsp3) is 0.227. The van der Waals surface area contributed by atoms with Gasteiger partial charge in [0.2, 0.25) is 0 Å². The molecule has 1 aromatic heterocycles. The number of nitrogens with one attached hydrogen (secondary N) is 2. The Morgan fingerprint density at radius 1 is 1.15 bits per heavy atom. The van der Waals surface area contributed by atoms with Crippen LogP contribution in [0.5, 0.6) is 0 Å². The molecule has 1 aliphatic heterocycles. The Kier molecular flexibility index (Phi) is 5.28. The monoisotopic (exact) mass is 379 g/mol. The fourth-order valence-corrected chi connectivity index (χ4v) is 3.65. The molecule has 138 valence electrons. The summed E-state index contributed by atoms with van der Waals surface area (Å²) >= 11 is 5.96. The number of amides is 1. The zero-order valence-corrected chi connectivity index (χ0v) is 15.8. The van der Waals surface area contributed by atoms with Gasteiger partial charge < -0.3 is 10.3 Å². The smallest absolute Gasteiger partial charge is 0.253 e. The number of H-pyrrole nitrogens is 1. The normalized spacial score (nSPS) is 14.9. The highest BCUT2D eigenvalue weighted by molar-refractivity contribution is 6.30. The van der Waals surface area contributed by atoms with Crippen molar-refractivity contribution in [3.05, 3.63) is 77.0 Å². The number of para-hydroxylation sites is 1. The average Bonchev–Trinajstić information content (AvgIpc) is 3.13. The van der Waals surface area contributed by atoms with Crippen molar-refractivity contribution in [2.75, 3.05) is 26.2 Å². The van der Waals surface area contributed by atoms with E-state index in [1.165, 1.54) is 11.1 Å². The number of aromatic amines is 1. The molecule has 3 aromatic rings. The largest absolute Gasteiger partial charge is 0.360 e. The maximum atomic E-state index is 12.5. The number of halogens is 1. The van der Waals surface area contributed by atoms with Gasteiger partial charge in [0.25, 0.3) is 5.91 Å². The van der Waals surface area contributed by atoms with Gasteiger partial charge in [0.1, 0.15) is 0 Å². The summed E-state index contributed by atoms with van der Waals surface area (Å²) in [6, 6.07) is 15.9. The molecule has 4 rings (SSSR count). The van der Waals surface area contributed by atoms with E-state index in [1.807, 2.05) is 36.4 Å². The summed E-state index contributed by atoms with van der Waals surface area (Å²) in [7, 11) is 0. The number of rotatable bonds is 5. The number of benzene rings is 2. The van der Waals surface area contributed by atoms with Crippen LogP contribution in [0.3, 0.4) is 0 Å². The lowest BCUT2D eigenvalue weighted by Gasteiger charge is -2.26. The van der Waals surface area contributed by atoms with Crippen molar-refractivity contribution in [2.45, 2.75) is 6.42 Å². The molecule has 5 heteroatoms. The predicted octanol–water partition coefficient (Wildman–Crippen LogP) is 4.34. The molecule has 2 aromatic carbocycles. The lowest BCUT2D eigenvalue weighted by Crippen LogP contribution is -2.37. The van der Waals surface area contributed by atoms with Crippen molar-refractivity contribution in [1.82, 2.24) is 15.2 Å². The van der Waals surface area contributed by atoms with Gasteiger partial charge in [0.05, 0.1) is 5.56 Å². The molecule has 0 fully saturated rings. The highest BCUT2D eigenvalue weighted by Crippen LogP contribution is 2.23. The van der Waals surface area contributed by atoms with Crippen LogP contribution in [0.1, 0.15) is 22.3 Å². The third-order valence-corrected chi connectivity index (χ3v) is 5.31. The van der Waals surface area contributed by atoms with Gasteiger partial charge in [-0.25, -0.2) is 0 Å². The van der Waals surface area contributed by atoms with E-state index < -0.39 is 0 Å². The molecule has 2 heterocycles. The molecule has 0 saturated carbocycles. The second kappa shape index (κ2) is 7.99. The Morgan fingerprint density at radius 2 is 1.96 bits per heavy atom. The van der Waals surface area contributed by atoms with Gasteiger partial charge in [-0.05, 0) is 35.8 Å². The summed E-state index contributed by atoms with van der Waals surface area (Å²) in [4.78, 5) is 18.0. The van der Waals surface area contributed by atoms with E-state index in [-0.39, 0.29) is 5.91 Å². The summed E-state index contributed by atoms with van der Waals surface area (Å²) in [6.45, 7) is 3.39. The van der Waals surface area contributed by atoms with Crippen molar-refractivity contribution in [3.63, 3.8) is 0 Å². The van der Waals surface area contributed by atoms with Gasteiger partial charge in [0.15, 0.2) is 0 Å². The molecule has 0 bridgehead atoms. The van der Waals surface area contributed by atoms with E-state index in [0.717, 1.165) is 42.0 Å². The molecule has 0 atom stereocenters. The van der Waals surface area contributed by atoms with E-state index in [4.69, 9.17) is 11.6 Å². The molecule has 0 spiro atoms. The maximum absolute atomic E-state index is 12.5. The van der Waals surface area contributed by atoms with Crippen molar-refractivity contribution in [3.8, 4) is 0 Å². The van der Waals surface area contributed by atoms with Crippen LogP contribution < -0.4 is 5.32 Å². The van der Waals surface area contributed by atoms with E-state index in [2.05, 4.69) is 33.4 Å². The Balaban J connectivity index is 1.29. The number of hydrogen-bond acceptors (Lipinski definition) is 2. The number of carbonyl (C=O) groups excluding carboxylic acids is 1. The van der Waals surface area contributed by atoms with Crippen LogP contribution in [0.2, 0.25) is 5.02 Å². The van der Waals surface area contributed by atoms with Crippen LogP contribution in [0.25, 0.3) is 16.5 Å².